The van der Waals surface area contributed by atoms with Crippen molar-refractivity contribution in [3.63, 3.8) is 0 Å². The van der Waals surface area contributed by atoms with Crippen molar-refractivity contribution in [1.29, 1.82) is 0 Å². The van der Waals surface area contributed by atoms with Crippen LogP contribution in [0, 0.1) is 0 Å². The SMILES string of the molecule is C=NC(C)n1c(N(C)CCNCC)c(C=O)c2ccccc21. The summed E-state index contributed by atoms with van der Waals surface area (Å²) in [6.45, 7) is 10.3. The summed E-state index contributed by atoms with van der Waals surface area (Å²) >= 11 is 0. The van der Waals surface area contributed by atoms with Crippen LogP contribution in [-0.4, -0.2) is 44.3 Å². The van der Waals surface area contributed by atoms with Gasteiger partial charge >= 0.3 is 0 Å². The average molecular weight is 300 g/mol. The second-order valence-electron chi connectivity index (χ2n) is 5.33. The van der Waals surface area contributed by atoms with E-state index in [0.29, 0.717) is 5.56 Å². The Hall–Kier alpha value is -2.14. The van der Waals surface area contributed by atoms with Gasteiger partial charge in [0, 0.05) is 25.5 Å². The number of nitrogens with zero attached hydrogens (tertiary/aromatic N) is 3. The van der Waals surface area contributed by atoms with Crippen LogP contribution in [0.2, 0.25) is 0 Å². The first kappa shape index (κ1) is 16.2. The summed E-state index contributed by atoms with van der Waals surface area (Å²) < 4.78 is 2.08. The molecule has 0 saturated heterocycles. The fraction of sp³-hybridized carbons (Fsp3) is 0.412. The topological polar surface area (TPSA) is 49.6 Å². The minimum atomic E-state index is -0.129. The first-order chi connectivity index (χ1) is 10.7. The highest BCUT2D eigenvalue weighted by molar-refractivity contribution is 6.04. The van der Waals surface area contributed by atoms with E-state index in [1.807, 2.05) is 38.2 Å². The maximum absolute atomic E-state index is 11.7. The van der Waals surface area contributed by atoms with Crippen molar-refractivity contribution in [2.45, 2.75) is 20.0 Å². The number of nitrogens with one attached hydrogen (secondary N) is 1. The molecular weight excluding hydrogens is 276 g/mol. The van der Waals surface area contributed by atoms with Gasteiger partial charge in [-0.1, -0.05) is 25.1 Å². The second kappa shape index (κ2) is 7.22. The molecule has 118 valence electrons. The highest BCUT2D eigenvalue weighted by Crippen LogP contribution is 2.34. The standard InChI is InChI=1S/C17H24N4O/c1-5-19-10-11-20(4)17-15(12-22)14-8-6-7-9-16(14)21(17)13(2)18-3/h6-9,12-13,19H,3,5,10-11H2,1-2,4H3. The molecule has 0 aliphatic rings. The van der Waals surface area contributed by atoms with E-state index < -0.39 is 0 Å². The second-order valence-corrected chi connectivity index (χ2v) is 5.33. The van der Waals surface area contributed by atoms with Crippen LogP contribution >= 0.6 is 0 Å². The minimum absolute atomic E-state index is 0.129. The summed E-state index contributed by atoms with van der Waals surface area (Å²) in [5.41, 5.74) is 1.72. The lowest BCUT2D eigenvalue weighted by Crippen LogP contribution is -2.31. The third-order valence-corrected chi connectivity index (χ3v) is 3.91. The van der Waals surface area contributed by atoms with E-state index in [4.69, 9.17) is 0 Å². The third kappa shape index (κ3) is 2.90. The Balaban J connectivity index is 2.58. The highest BCUT2D eigenvalue weighted by Gasteiger charge is 2.21. The van der Waals surface area contributed by atoms with Crippen LogP contribution in [0.25, 0.3) is 10.9 Å². The monoisotopic (exact) mass is 300 g/mol. The van der Waals surface area contributed by atoms with Gasteiger partial charge in [-0.2, -0.15) is 0 Å². The van der Waals surface area contributed by atoms with Gasteiger partial charge in [0.15, 0.2) is 6.29 Å². The molecule has 5 heteroatoms. The zero-order valence-corrected chi connectivity index (χ0v) is 13.5. The fourth-order valence-corrected chi connectivity index (χ4v) is 2.77. The van der Waals surface area contributed by atoms with Crippen molar-refractivity contribution in [3.8, 4) is 0 Å². The molecule has 2 rings (SSSR count). The maximum Gasteiger partial charge on any atom is 0.154 e. The number of likely N-dealkylation sites (N-methyl/N-ethyl adjacent to an activating group) is 2. The molecule has 1 aromatic heterocycles. The highest BCUT2D eigenvalue weighted by atomic mass is 16.1. The molecule has 1 aromatic carbocycles. The van der Waals surface area contributed by atoms with Gasteiger partial charge in [-0.25, -0.2) is 0 Å². The summed E-state index contributed by atoms with van der Waals surface area (Å²) in [7, 11) is 2.00. The first-order valence-electron chi connectivity index (χ1n) is 7.61. The van der Waals surface area contributed by atoms with Crippen molar-refractivity contribution < 1.29 is 4.79 Å². The van der Waals surface area contributed by atoms with E-state index in [9.17, 15) is 4.79 Å². The van der Waals surface area contributed by atoms with E-state index in [0.717, 1.165) is 42.6 Å². The normalized spacial score (nSPS) is 12.3. The van der Waals surface area contributed by atoms with Crippen molar-refractivity contribution >= 4 is 29.7 Å². The lowest BCUT2D eigenvalue weighted by molar-refractivity contribution is 0.112. The van der Waals surface area contributed by atoms with Crippen LogP contribution in [-0.2, 0) is 0 Å². The van der Waals surface area contributed by atoms with E-state index in [-0.39, 0.29) is 6.17 Å². The Kier molecular flexibility index (Phi) is 5.33. The van der Waals surface area contributed by atoms with Gasteiger partial charge in [-0.15, -0.1) is 0 Å². The summed E-state index contributed by atoms with van der Waals surface area (Å²) in [6, 6.07) is 7.93. The molecule has 1 unspecified atom stereocenters. The number of hydrogen-bond donors (Lipinski definition) is 1. The number of aromatic nitrogens is 1. The van der Waals surface area contributed by atoms with E-state index in [1.54, 1.807) is 0 Å². The predicted molar refractivity (Wildman–Crippen MR) is 93.4 cm³/mol. The molecule has 0 fully saturated rings. The molecule has 0 amide bonds. The van der Waals surface area contributed by atoms with Gasteiger partial charge in [0.25, 0.3) is 0 Å². The molecule has 0 bridgehead atoms. The van der Waals surface area contributed by atoms with Gasteiger partial charge in [0.1, 0.15) is 12.0 Å². The molecule has 0 saturated carbocycles. The van der Waals surface area contributed by atoms with Gasteiger partial charge in [0.2, 0.25) is 0 Å². The molecule has 0 aliphatic heterocycles. The lowest BCUT2D eigenvalue weighted by Gasteiger charge is -2.24. The summed E-state index contributed by atoms with van der Waals surface area (Å²) in [5.74, 6) is 0.897. The van der Waals surface area contributed by atoms with Gasteiger partial charge < -0.3 is 14.8 Å². The summed E-state index contributed by atoms with van der Waals surface area (Å²) in [4.78, 5) is 18.0. The van der Waals surface area contributed by atoms with Crippen molar-refractivity contribution in [1.82, 2.24) is 9.88 Å². The van der Waals surface area contributed by atoms with E-state index in [2.05, 4.69) is 33.4 Å². The van der Waals surface area contributed by atoms with Crippen LogP contribution in [0.5, 0.6) is 0 Å². The predicted octanol–water partition coefficient (Wildman–Crippen LogP) is 2.72. The number of benzene rings is 1. The van der Waals surface area contributed by atoms with Gasteiger partial charge in [-0.3, -0.25) is 9.79 Å². The number of rotatable bonds is 8. The third-order valence-electron chi connectivity index (χ3n) is 3.91. The summed E-state index contributed by atoms with van der Waals surface area (Å²) in [6.07, 6.45) is 0.809. The zero-order valence-electron chi connectivity index (χ0n) is 13.5. The van der Waals surface area contributed by atoms with E-state index in [1.165, 1.54) is 0 Å². The maximum atomic E-state index is 11.7. The van der Waals surface area contributed by atoms with E-state index >= 15 is 0 Å². The fourth-order valence-electron chi connectivity index (χ4n) is 2.77. The Morgan fingerprint density at radius 3 is 2.82 bits per heavy atom. The minimum Gasteiger partial charge on any atom is -0.359 e. The molecule has 1 heterocycles. The van der Waals surface area contributed by atoms with Crippen molar-refractivity contribution in [2.24, 2.45) is 4.99 Å². The number of aldehydes is 1. The zero-order chi connectivity index (χ0) is 16.1. The largest absolute Gasteiger partial charge is 0.359 e. The number of carbonyl (C=O) groups is 1. The lowest BCUT2D eigenvalue weighted by atomic mass is 10.2. The molecule has 0 radical (unpaired) electrons. The van der Waals surface area contributed by atoms with Crippen LogP contribution in [0.3, 0.4) is 0 Å². The quantitative estimate of drug-likeness (QED) is 0.463. The molecule has 2 aromatic rings. The first-order valence-corrected chi connectivity index (χ1v) is 7.61. The Bertz CT molecular complexity index is 662. The molecule has 22 heavy (non-hydrogen) atoms. The van der Waals surface area contributed by atoms with Crippen LogP contribution in [0.4, 0.5) is 5.82 Å². The Morgan fingerprint density at radius 1 is 1.45 bits per heavy atom. The molecular formula is C17H24N4O. The summed E-state index contributed by atoms with van der Waals surface area (Å²) in [5, 5.41) is 4.26. The molecule has 1 N–H and O–H groups in total. The van der Waals surface area contributed by atoms with Crippen LogP contribution < -0.4 is 10.2 Å². The van der Waals surface area contributed by atoms with Crippen LogP contribution in [0.15, 0.2) is 29.3 Å². The number of anilines is 1. The molecule has 1 atom stereocenters. The number of hydrogen-bond acceptors (Lipinski definition) is 4. The number of fused-ring (bicyclic) bond motifs is 1. The van der Waals surface area contributed by atoms with Gasteiger partial charge in [-0.05, 0) is 26.3 Å². The average Bonchev–Trinajstić information content (AvgIpc) is 2.88. The van der Waals surface area contributed by atoms with Crippen molar-refractivity contribution in [3.05, 3.63) is 29.8 Å². The Morgan fingerprint density at radius 2 is 2.18 bits per heavy atom. The van der Waals surface area contributed by atoms with Crippen molar-refractivity contribution in [2.75, 3.05) is 31.6 Å². The smallest absolute Gasteiger partial charge is 0.154 e. The van der Waals surface area contributed by atoms with Gasteiger partial charge in [0.05, 0.1) is 11.1 Å². The number of aliphatic imine (C=N–C) groups is 1. The van der Waals surface area contributed by atoms with Crippen LogP contribution in [0.1, 0.15) is 30.4 Å². The molecule has 5 nitrogen and oxygen atoms in total. The molecule has 0 spiro atoms. The number of para-hydroxylation sites is 1. The Labute approximate surface area is 131 Å². The molecule has 0 aliphatic carbocycles. The number of carbonyl (C=O) groups excluding carboxylic acids is 1.